The minimum atomic E-state index is -2.88. The molecule has 0 aromatic carbocycles. The van der Waals surface area contributed by atoms with E-state index in [1.54, 1.807) is 0 Å². The molecule has 2 aliphatic rings. The molecule has 20 heavy (non-hydrogen) atoms. The standard InChI is InChI=1S/C13H20N4O2S/c18-20(19)8-1-6-17(7-9-20)13-5-4-12(15-16-13)10-14-11-2-3-11/h4-5,11,14H,1-3,6-10H2. The quantitative estimate of drug-likeness (QED) is 0.864. The molecule has 7 heteroatoms. The molecule has 1 aromatic heterocycles. The van der Waals surface area contributed by atoms with Gasteiger partial charge in [-0.25, -0.2) is 8.42 Å². The molecule has 2 heterocycles. The smallest absolute Gasteiger partial charge is 0.152 e. The number of anilines is 1. The van der Waals surface area contributed by atoms with Crippen LogP contribution in [0, 0.1) is 0 Å². The highest BCUT2D eigenvalue weighted by atomic mass is 32.2. The van der Waals surface area contributed by atoms with Gasteiger partial charge in [0.2, 0.25) is 0 Å². The number of aromatic nitrogens is 2. The van der Waals surface area contributed by atoms with E-state index in [9.17, 15) is 8.42 Å². The van der Waals surface area contributed by atoms with Crippen molar-refractivity contribution in [1.29, 1.82) is 0 Å². The van der Waals surface area contributed by atoms with Crippen molar-refractivity contribution in [2.24, 2.45) is 0 Å². The average Bonchev–Trinajstić information content (AvgIpc) is 3.25. The van der Waals surface area contributed by atoms with E-state index in [0.717, 1.165) is 24.6 Å². The van der Waals surface area contributed by atoms with Gasteiger partial charge in [-0.15, -0.1) is 5.10 Å². The molecule has 1 aromatic rings. The Balaban J connectivity index is 1.61. The van der Waals surface area contributed by atoms with E-state index in [1.165, 1.54) is 12.8 Å². The van der Waals surface area contributed by atoms with Gasteiger partial charge >= 0.3 is 0 Å². The highest BCUT2D eigenvalue weighted by Crippen LogP contribution is 2.19. The Bertz CT molecular complexity index is 554. The Labute approximate surface area is 119 Å². The van der Waals surface area contributed by atoms with Crippen LogP contribution in [0.4, 0.5) is 5.82 Å². The highest BCUT2D eigenvalue weighted by molar-refractivity contribution is 7.91. The summed E-state index contributed by atoms with van der Waals surface area (Å²) < 4.78 is 23.2. The van der Waals surface area contributed by atoms with Crippen molar-refractivity contribution in [1.82, 2.24) is 15.5 Å². The van der Waals surface area contributed by atoms with E-state index in [4.69, 9.17) is 0 Å². The van der Waals surface area contributed by atoms with E-state index < -0.39 is 9.84 Å². The fraction of sp³-hybridized carbons (Fsp3) is 0.692. The van der Waals surface area contributed by atoms with E-state index in [1.807, 2.05) is 17.0 Å². The molecule has 0 spiro atoms. The zero-order valence-electron chi connectivity index (χ0n) is 11.5. The van der Waals surface area contributed by atoms with Crippen LogP contribution < -0.4 is 10.2 Å². The third kappa shape index (κ3) is 3.67. The van der Waals surface area contributed by atoms with Gasteiger partial charge in [0.15, 0.2) is 15.7 Å². The average molecular weight is 296 g/mol. The molecule has 2 fully saturated rings. The van der Waals surface area contributed by atoms with Crippen LogP contribution in [-0.4, -0.2) is 49.3 Å². The van der Waals surface area contributed by atoms with Gasteiger partial charge in [0.25, 0.3) is 0 Å². The number of nitrogens with one attached hydrogen (secondary N) is 1. The minimum absolute atomic E-state index is 0.208. The maximum atomic E-state index is 11.6. The van der Waals surface area contributed by atoms with Crippen LogP contribution in [0.2, 0.25) is 0 Å². The van der Waals surface area contributed by atoms with Crippen molar-refractivity contribution in [3.63, 3.8) is 0 Å². The summed E-state index contributed by atoms with van der Waals surface area (Å²) in [5.74, 6) is 1.26. The molecular weight excluding hydrogens is 276 g/mol. The monoisotopic (exact) mass is 296 g/mol. The van der Waals surface area contributed by atoms with Crippen LogP contribution >= 0.6 is 0 Å². The van der Waals surface area contributed by atoms with Crippen molar-refractivity contribution < 1.29 is 8.42 Å². The second kappa shape index (κ2) is 5.65. The number of nitrogens with zero attached hydrogens (tertiary/aromatic N) is 3. The van der Waals surface area contributed by atoms with E-state index in [0.29, 0.717) is 19.0 Å². The SMILES string of the molecule is O=S1(=O)CCCN(c2ccc(CNC3CC3)nn2)CC1. The Kier molecular flexibility index (Phi) is 3.89. The summed E-state index contributed by atoms with van der Waals surface area (Å²) in [4.78, 5) is 2.01. The van der Waals surface area contributed by atoms with Crippen molar-refractivity contribution >= 4 is 15.7 Å². The summed E-state index contributed by atoms with van der Waals surface area (Å²) in [6, 6.07) is 4.57. The van der Waals surface area contributed by atoms with Gasteiger partial charge in [-0.1, -0.05) is 0 Å². The van der Waals surface area contributed by atoms with Gasteiger partial charge in [0.1, 0.15) is 0 Å². The first kappa shape index (κ1) is 13.8. The summed E-state index contributed by atoms with van der Waals surface area (Å²) in [6.07, 6.45) is 3.18. The second-order valence-corrected chi connectivity index (χ2v) is 7.83. The number of hydrogen-bond acceptors (Lipinski definition) is 6. The molecule has 0 amide bonds. The molecule has 6 nitrogen and oxygen atoms in total. The fourth-order valence-corrected chi connectivity index (χ4v) is 3.59. The van der Waals surface area contributed by atoms with E-state index >= 15 is 0 Å². The largest absolute Gasteiger partial charge is 0.354 e. The third-order valence-electron chi connectivity index (χ3n) is 3.73. The van der Waals surface area contributed by atoms with Crippen molar-refractivity contribution in [3.8, 4) is 0 Å². The molecule has 0 atom stereocenters. The lowest BCUT2D eigenvalue weighted by Gasteiger charge is -2.20. The van der Waals surface area contributed by atoms with Crippen molar-refractivity contribution in [2.45, 2.75) is 31.8 Å². The van der Waals surface area contributed by atoms with E-state index in [-0.39, 0.29) is 11.5 Å². The van der Waals surface area contributed by atoms with Crippen LogP contribution in [0.15, 0.2) is 12.1 Å². The Morgan fingerprint density at radius 1 is 1.20 bits per heavy atom. The summed E-state index contributed by atoms with van der Waals surface area (Å²) in [5.41, 5.74) is 0.933. The van der Waals surface area contributed by atoms with Gasteiger partial charge in [-0.3, -0.25) is 0 Å². The lowest BCUT2D eigenvalue weighted by Crippen LogP contribution is -2.28. The summed E-state index contributed by atoms with van der Waals surface area (Å²) in [6.45, 7) is 2.00. The van der Waals surface area contributed by atoms with Gasteiger partial charge < -0.3 is 10.2 Å². The van der Waals surface area contributed by atoms with Crippen LogP contribution in [-0.2, 0) is 16.4 Å². The Morgan fingerprint density at radius 2 is 2.05 bits per heavy atom. The topological polar surface area (TPSA) is 75.2 Å². The fourth-order valence-electron chi connectivity index (χ4n) is 2.32. The zero-order valence-corrected chi connectivity index (χ0v) is 12.3. The summed E-state index contributed by atoms with van der Waals surface area (Å²) in [5, 5.41) is 11.8. The summed E-state index contributed by atoms with van der Waals surface area (Å²) in [7, 11) is -2.88. The minimum Gasteiger partial charge on any atom is -0.354 e. The Morgan fingerprint density at radius 3 is 2.75 bits per heavy atom. The lowest BCUT2D eigenvalue weighted by atomic mass is 10.3. The van der Waals surface area contributed by atoms with Crippen LogP contribution in [0.5, 0.6) is 0 Å². The molecule has 110 valence electrons. The number of sulfone groups is 1. The number of hydrogen-bond donors (Lipinski definition) is 1. The maximum absolute atomic E-state index is 11.6. The second-order valence-electron chi connectivity index (χ2n) is 5.53. The predicted octanol–water partition coefficient (Wildman–Crippen LogP) is 0.353. The molecule has 1 saturated heterocycles. The predicted molar refractivity (Wildman–Crippen MR) is 77.4 cm³/mol. The molecule has 0 radical (unpaired) electrons. The third-order valence-corrected chi connectivity index (χ3v) is 5.45. The molecule has 1 aliphatic heterocycles. The van der Waals surface area contributed by atoms with Crippen molar-refractivity contribution in [3.05, 3.63) is 17.8 Å². The molecule has 1 saturated carbocycles. The van der Waals surface area contributed by atoms with Gasteiger partial charge in [-0.05, 0) is 31.4 Å². The molecule has 1 N–H and O–H groups in total. The molecular formula is C13H20N4O2S. The molecule has 1 aliphatic carbocycles. The maximum Gasteiger partial charge on any atom is 0.152 e. The van der Waals surface area contributed by atoms with E-state index in [2.05, 4.69) is 15.5 Å². The van der Waals surface area contributed by atoms with Gasteiger partial charge in [0, 0.05) is 25.7 Å². The first-order valence-corrected chi connectivity index (χ1v) is 8.96. The number of rotatable bonds is 4. The van der Waals surface area contributed by atoms with Gasteiger partial charge in [-0.2, -0.15) is 5.10 Å². The molecule has 0 unspecified atom stereocenters. The lowest BCUT2D eigenvalue weighted by molar-refractivity contribution is 0.597. The Hall–Kier alpha value is -1.21. The van der Waals surface area contributed by atoms with Crippen LogP contribution in [0.3, 0.4) is 0 Å². The van der Waals surface area contributed by atoms with Crippen LogP contribution in [0.1, 0.15) is 25.0 Å². The normalized spacial score (nSPS) is 22.5. The van der Waals surface area contributed by atoms with Gasteiger partial charge in [0.05, 0.1) is 17.2 Å². The highest BCUT2D eigenvalue weighted by Gasteiger charge is 2.21. The zero-order chi connectivity index (χ0) is 14.0. The first-order valence-electron chi connectivity index (χ1n) is 7.14. The summed E-state index contributed by atoms with van der Waals surface area (Å²) >= 11 is 0. The van der Waals surface area contributed by atoms with Crippen molar-refractivity contribution in [2.75, 3.05) is 29.5 Å². The first-order chi connectivity index (χ1) is 9.62. The molecule has 0 bridgehead atoms. The van der Waals surface area contributed by atoms with Crippen LogP contribution in [0.25, 0.3) is 0 Å². The molecule has 3 rings (SSSR count).